The highest BCUT2D eigenvalue weighted by molar-refractivity contribution is 5.86. The molecule has 3 rings (SSSR count). The summed E-state index contributed by atoms with van der Waals surface area (Å²) in [6.07, 6.45) is 4.48. The van der Waals surface area contributed by atoms with Crippen LogP contribution < -0.4 is 0 Å². The number of fused-ring (bicyclic) bond motifs is 3. The molecule has 0 fully saturated rings. The maximum absolute atomic E-state index is 4.01. The van der Waals surface area contributed by atoms with Crippen LogP contribution in [0.2, 0.25) is 0 Å². The molecular formula is C15H17N. The van der Waals surface area contributed by atoms with E-state index in [0.717, 1.165) is 0 Å². The lowest BCUT2D eigenvalue weighted by Gasteiger charge is -2.21. The number of para-hydroxylation sites is 1. The van der Waals surface area contributed by atoms with Crippen LogP contribution in [-0.4, -0.2) is 4.57 Å². The van der Waals surface area contributed by atoms with Crippen molar-refractivity contribution in [2.24, 2.45) is 7.05 Å². The minimum absolute atomic E-state index is 0.156. The van der Waals surface area contributed by atoms with E-state index < -0.39 is 0 Å². The Kier molecular flexibility index (Phi) is 1.82. The molecule has 1 aromatic carbocycles. The molecule has 0 bridgehead atoms. The van der Waals surface area contributed by atoms with Gasteiger partial charge in [-0.1, -0.05) is 31.2 Å². The van der Waals surface area contributed by atoms with Gasteiger partial charge in [0, 0.05) is 29.1 Å². The Hall–Kier alpha value is -1.50. The summed E-state index contributed by atoms with van der Waals surface area (Å²) in [6, 6.07) is 8.69. The van der Waals surface area contributed by atoms with Crippen molar-refractivity contribution < 1.29 is 0 Å². The number of rotatable bonds is 1. The molecule has 16 heavy (non-hydrogen) atoms. The Morgan fingerprint density at radius 3 is 2.88 bits per heavy atom. The molecule has 0 spiro atoms. The number of aromatic nitrogens is 1. The molecule has 0 saturated heterocycles. The molecule has 1 aromatic heterocycles. The van der Waals surface area contributed by atoms with Crippen LogP contribution in [-0.2, 0) is 18.9 Å². The van der Waals surface area contributed by atoms with Gasteiger partial charge in [0.1, 0.15) is 0 Å². The fourth-order valence-electron chi connectivity index (χ4n) is 3.15. The average molecular weight is 211 g/mol. The van der Waals surface area contributed by atoms with Crippen LogP contribution in [0.3, 0.4) is 0 Å². The molecule has 2 aromatic rings. The van der Waals surface area contributed by atoms with Gasteiger partial charge in [-0.15, -0.1) is 6.58 Å². The first-order valence-corrected chi connectivity index (χ1v) is 5.88. The van der Waals surface area contributed by atoms with E-state index in [9.17, 15) is 0 Å². The van der Waals surface area contributed by atoms with Gasteiger partial charge in [-0.2, -0.15) is 0 Å². The van der Waals surface area contributed by atoms with Gasteiger partial charge in [0.25, 0.3) is 0 Å². The van der Waals surface area contributed by atoms with E-state index in [4.69, 9.17) is 0 Å². The molecule has 1 heterocycles. The average Bonchev–Trinajstić information content (AvgIpc) is 2.80. The minimum atomic E-state index is 0.156. The zero-order valence-electron chi connectivity index (χ0n) is 9.96. The second-order valence-corrected chi connectivity index (χ2v) is 5.02. The van der Waals surface area contributed by atoms with Gasteiger partial charge in [-0.25, -0.2) is 0 Å². The second kappa shape index (κ2) is 3.00. The molecule has 0 amide bonds. The van der Waals surface area contributed by atoms with E-state index in [1.807, 2.05) is 0 Å². The summed E-state index contributed by atoms with van der Waals surface area (Å²) in [5.74, 6) is 0. The third-order valence-electron chi connectivity index (χ3n) is 4.10. The van der Waals surface area contributed by atoms with Gasteiger partial charge in [-0.05, 0) is 24.5 Å². The zero-order chi connectivity index (χ0) is 11.3. The monoisotopic (exact) mass is 211 g/mol. The molecule has 82 valence electrons. The molecule has 0 N–H and O–H groups in total. The van der Waals surface area contributed by atoms with Crippen LogP contribution in [0.1, 0.15) is 24.6 Å². The summed E-state index contributed by atoms with van der Waals surface area (Å²) in [5, 5.41) is 1.42. The lowest BCUT2D eigenvalue weighted by Crippen LogP contribution is -2.18. The molecule has 1 aliphatic rings. The molecule has 1 aliphatic carbocycles. The number of nitrogens with zero attached hydrogens (tertiary/aromatic N) is 1. The topological polar surface area (TPSA) is 4.93 Å². The highest BCUT2D eigenvalue weighted by atomic mass is 15.0. The van der Waals surface area contributed by atoms with Crippen LogP contribution >= 0.6 is 0 Å². The van der Waals surface area contributed by atoms with Crippen molar-refractivity contribution in [3.8, 4) is 0 Å². The Morgan fingerprint density at radius 2 is 2.12 bits per heavy atom. The standard InChI is InChI=1S/C15H17N/c1-4-15(2)10-9-12-11-7-5-6-8-13(11)16(3)14(12)15/h4-8H,1,9-10H2,2-3H3. The first-order chi connectivity index (χ1) is 7.67. The maximum Gasteiger partial charge on any atom is 0.0483 e. The van der Waals surface area contributed by atoms with E-state index in [2.05, 4.69) is 55.5 Å². The van der Waals surface area contributed by atoms with Crippen molar-refractivity contribution in [3.63, 3.8) is 0 Å². The van der Waals surface area contributed by atoms with Crippen molar-refractivity contribution in [2.75, 3.05) is 0 Å². The summed E-state index contributed by atoms with van der Waals surface area (Å²) in [4.78, 5) is 0. The van der Waals surface area contributed by atoms with E-state index in [0.29, 0.717) is 0 Å². The van der Waals surface area contributed by atoms with Gasteiger partial charge >= 0.3 is 0 Å². The van der Waals surface area contributed by atoms with Crippen LogP contribution in [0.25, 0.3) is 10.9 Å². The highest BCUT2D eigenvalue weighted by Crippen LogP contribution is 2.43. The number of aryl methyl sites for hydroxylation is 2. The van der Waals surface area contributed by atoms with Crippen molar-refractivity contribution in [2.45, 2.75) is 25.2 Å². The summed E-state index contributed by atoms with van der Waals surface area (Å²) in [5.41, 5.74) is 4.49. The van der Waals surface area contributed by atoms with Crippen molar-refractivity contribution in [1.82, 2.24) is 4.57 Å². The van der Waals surface area contributed by atoms with Gasteiger partial charge in [0.15, 0.2) is 0 Å². The lowest BCUT2D eigenvalue weighted by atomic mass is 9.88. The normalized spacial score (nSPS) is 23.6. The van der Waals surface area contributed by atoms with Crippen molar-refractivity contribution in [3.05, 3.63) is 48.2 Å². The minimum Gasteiger partial charge on any atom is -0.347 e. The smallest absolute Gasteiger partial charge is 0.0483 e. The van der Waals surface area contributed by atoms with Crippen molar-refractivity contribution >= 4 is 10.9 Å². The third-order valence-corrected chi connectivity index (χ3v) is 4.10. The highest BCUT2D eigenvalue weighted by Gasteiger charge is 2.36. The first kappa shape index (κ1) is 9.71. The predicted octanol–water partition coefficient (Wildman–Crippen LogP) is 3.57. The Bertz CT molecular complexity index is 576. The molecule has 0 radical (unpaired) electrons. The Labute approximate surface area is 96.4 Å². The summed E-state index contributed by atoms with van der Waals surface area (Å²) in [7, 11) is 2.17. The molecule has 0 aliphatic heterocycles. The Morgan fingerprint density at radius 1 is 1.38 bits per heavy atom. The van der Waals surface area contributed by atoms with E-state index in [-0.39, 0.29) is 5.41 Å². The van der Waals surface area contributed by atoms with E-state index in [1.54, 1.807) is 0 Å². The van der Waals surface area contributed by atoms with E-state index >= 15 is 0 Å². The van der Waals surface area contributed by atoms with Gasteiger partial charge in [0.05, 0.1) is 0 Å². The maximum atomic E-state index is 4.01. The zero-order valence-corrected chi connectivity index (χ0v) is 9.96. The predicted molar refractivity (Wildman–Crippen MR) is 68.8 cm³/mol. The van der Waals surface area contributed by atoms with Crippen LogP contribution in [0, 0.1) is 0 Å². The molecule has 1 unspecified atom stereocenters. The number of allylic oxidation sites excluding steroid dienone is 1. The fourth-order valence-corrected chi connectivity index (χ4v) is 3.15. The quantitative estimate of drug-likeness (QED) is 0.635. The molecule has 1 heteroatoms. The van der Waals surface area contributed by atoms with Crippen LogP contribution in [0.15, 0.2) is 36.9 Å². The molecule has 0 saturated carbocycles. The largest absolute Gasteiger partial charge is 0.347 e. The van der Waals surface area contributed by atoms with Crippen LogP contribution in [0.5, 0.6) is 0 Å². The molecular weight excluding hydrogens is 194 g/mol. The summed E-state index contributed by atoms with van der Waals surface area (Å²) < 4.78 is 2.35. The fraction of sp³-hybridized carbons (Fsp3) is 0.333. The third kappa shape index (κ3) is 1.01. The number of benzene rings is 1. The van der Waals surface area contributed by atoms with Gasteiger partial charge in [-0.3, -0.25) is 0 Å². The van der Waals surface area contributed by atoms with Crippen LogP contribution in [0.4, 0.5) is 0 Å². The van der Waals surface area contributed by atoms with Gasteiger partial charge in [0.2, 0.25) is 0 Å². The van der Waals surface area contributed by atoms with Gasteiger partial charge < -0.3 is 4.57 Å². The molecule has 1 nitrogen and oxygen atoms in total. The SMILES string of the molecule is C=CC1(C)CCc2c1n(C)c1ccccc21. The van der Waals surface area contributed by atoms with E-state index in [1.165, 1.54) is 35.0 Å². The molecule has 1 atom stereocenters. The summed E-state index contributed by atoms with van der Waals surface area (Å²) in [6.45, 7) is 6.31. The number of hydrogen-bond donors (Lipinski definition) is 0. The second-order valence-electron chi connectivity index (χ2n) is 5.02. The first-order valence-electron chi connectivity index (χ1n) is 5.88. The lowest BCUT2D eigenvalue weighted by molar-refractivity contribution is 0.556. The summed E-state index contributed by atoms with van der Waals surface area (Å²) >= 11 is 0. The Balaban J connectivity index is 2.43. The van der Waals surface area contributed by atoms with Crippen molar-refractivity contribution in [1.29, 1.82) is 0 Å². The number of hydrogen-bond acceptors (Lipinski definition) is 0.